The molecule has 0 N–H and O–H groups in total. The summed E-state index contributed by atoms with van der Waals surface area (Å²) in [5.41, 5.74) is 0.279. The second kappa shape index (κ2) is 7.98. The summed E-state index contributed by atoms with van der Waals surface area (Å²) in [6, 6.07) is 14.3. The topological polar surface area (TPSA) is 55.8 Å². The Morgan fingerprint density at radius 1 is 1.19 bits per heavy atom. The molecule has 0 aliphatic carbocycles. The Hall–Kier alpha value is -2.57. The number of amides is 1. The minimum absolute atomic E-state index is 0.0300. The van der Waals surface area contributed by atoms with E-state index in [1.54, 1.807) is 13.8 Å². The molecule has 2 aromatic rings. The largest absolute Gasteiger partial charge is 0.363 e. The third-order valence-electron chi connectivity index (χ3n) is 4.48. The minimum atomic E-state index is -1.02. The van der Waals surface area contributed by atoms with Crippen LogP contribution in [0.3, 0.4) is 0 Å². The summed E-state index contributed by atoms with van der Waals surface area (Å²) in [5, 5.41) is 1.26. The number of ketones is 1. The number of morpholine rings is 1. The summed E-state index contributed by atoms with van der Waals surface area (Å²) < 4.78 is 18.7. The van der Waals surface area contributed by atoms with Crippen LogP contribution < -0.4 is 0 Å². The summed E-state index contributed by atoms with van der Waals surface area (Å²) in [6.45, 7) is 3.74. The van der Waals surface area contributed by atoms with Gasteiger partial charge in [0.1, 0.15) is 18.0 Å². The molecule has 0 radical (unpaired) electrons. The number of Topliss-reactive ketones (excluding diaryl/α,β-unsaturated/α-hetero) is 1. The van der Waals surface area contributed by atoms with Crippen molar-refractivity contribution in [3.8, 4) is 0 Å². The fourth-order valence-electron chi connectivity index (χ4n) is 2.86. The van der Waals surface area contributed by atoms with Crippen molar-refractivity contribution >= 4 is 11.7 Å². The molecule has 0 unspecified atom stereocenters. The van der Waals surface area contributed by atoms with Gasteiger partial charge in [0.15, 0.2) is 5.78 Å². The van der Waals surface area contributed by atoms with Gasteiger partial charge in [0.2, 0.25) is 0 Å². The van der Waals surface area contributed by atoms with Crippen molar-refractivity contribution in [2.45, 2.75) is 38.5 Å². The molecule has 1 fully saturated rings. The molecule has 1 saturated heterocycles. The molecule has 0 bridgehead atoms. The summed E-state index contributed by atoms with van der Waals surface area (Å²) in [7, 11) is 0. The summed E-state index contributed by atoms with van der Waals surface area (Å²) >= 11 is 0. The van der Waals surface area contributed by atoms with E-state index in [1.807, 2.05) is 30.3 Å². The van der Waals surface area contributed by atoms with Crippen molar-refractivity contribution in [3.05, 3.63) is 71.5 Å². The van der Waals surface area contributed by atoms with Gasteiger partial charge in [0.05, 0.1) is 12.6 Å². The first-order valence-corrected chi connectivity index (χ1v) is 8.80. The lowest BCUT2D eigenvalue weighted by atomic mass is 9.99. The first kappa shape index (κ1) is 19.2. The van der Waals surface area contributed by atoms with Gasteiger partial charge in [0.25, 0.3) is 5.91 Å². The average Bonchev–Trinajstić information content (AvgIpc) is 2.66. The maximum absolute atomic E-state index is 13.1. The van der Waals surface area contributed by atoms with Crippen molar-refractivity contribution in [1.29, 1.82) is 0 Å². The number of hydrogen-bond acceptors (Lipinski definition) is 4. The molecule has 0 aromatic heterocycles. The monoisotopic (exact) mass is 371 g/mol. The second-order valence-electron chi connectivity index (χ2n) is 7.00. The number of benzene rings is 2. The van der Waals surface area contributed by atoms with Gasteiger partial charge in [-0.2, -0.15) is 0 Å². The van der Waals surface area contributed by atoms with E-state index in [0.717, 1.165) is 5.56 Å². The van der Waals surface area contributed by atoms with Crippen LogP contribution in [-0.4, -0.2) is 35.0 Å². The normalized spacial score (nSPS) is 19.1. The highest BCUT2D eigenvalue weighted by atomic mass is 19.1. The first-order chi connectivity index (χ1) is 12.9. The molecule has 1 heterocycles. The zero-order valence-corrected chi connectivity index (χ0v) is 15.4. The number of rotatable bonds is 6. The minimum Gasteiger partial charge on any atom is -0.363 e. The standard InChI is InChI=1S/C21H22FNO4/c1-21(2)20(25)23(27-13-15-6-4-3-5-7-15)18(14-26-21)12-19(24)16-8-10-17(22)11-9-16/h3-11,18H,12-14H2,1-2H3/t18-/m0/s1. The lowest BCUT2D eigenvalue weighted by molar-refractivity contribution is -0.250. The van der Waals surface area contributed by atoms with Crippen molar-refractivity contribution in [1.82, 2.24) is 5.06 Å². The quantitative estimate of drug-likeness (QED) is 0.729. The molecule has 1 atom stereocenters. The number of nitrogens with zero attached hydrogens (tertiary/aromatic N) is 1. The molecule has 6 heteroatoms. The second-order valence-corrected chi connectivity index (χ2v) is 7.00. The summed E-state index contributed by atoms with van der Waals surface area (Å²) in [6.07, 6.45) is 0.0300. The summed E-state index contributed by atoms with van der Waals surface area (Å²) in [5.74, 6) is -0.941. The molecular formula is C21H22FNO4. The van der Waals surface area contributed by atoms with Crippen LogP contribution in [-0.2, 0) is 21.0 Å². The van der Waals surface area contributed by atoms with Gasteiger partial charge >= 0.3 is 0 Å². The highest BCUT2D eigenvalue weighted by Gasteiger charge is 2.43. The number of hydroxylamine groups is 2. The van der Waals surface area contributed by atoms with E-state index in [9.17, 15) is 14.0 Å². The Labute approximate surface area is 157 Å². The molecule has 0 saturated carbocycles. The highest BCUT2D eigenvalue weighted by molar-refractivity contribution is 5.97. The molecule has 5 nitrogen and oxygen atoms in total. The molecule has 1 amide bonds. The van der Waals surface area contributed by atoms with Gasteiger partial charge in [-0.05, 0) is 43.7 Å². The van der Waals surface area contributed by atoms with E-state index in [2.05, 4.69) is 0 Å². The third kappa shape index (κ3) is 4.59. The molecule has 2 aromatic carbocycles. The zero-order chi connectivity index (χ0) is 19.4. The van der Waals surface area contributed by atoms with E-state index in [0.29, 0.717) is 5.56 Å². The van der Waals surface area contributed by atoms with Crippen LogP contribution in [0.5, 0.6) is 0 Å². The lowest BCUT2D eigenvalue weighted by Crippen LogP contribution is -2.58. The number of carbonyl (C=O) groups is 2. The van der Waals surface area contributed by atoms with Gasteiger partial charge in [-0.25, -0.2) is 9.45 Å². The third-order valence-corrected chi connectivity index (χ3v) is 4.48. The van der Waals surface area contributed by atoms with Crippen LogP contribution in [0.15, 0.2) is 54.6 Å². The molecule has 1 aliphatic rings. The van der Waals surface area contributed by atoms with Crippen molar-refractivity contribution in [2.75, 3.05) is 6.61 Å². The molecule has 3 rings (SSSR count). The Balaban J connectivity index is 1.73. The molecule has 0 spiro atoms. The highest BCUT2D eigenvalue weighted by Crippen LogP contribution is 2.26. The average molecular weight is 371 g/mol. The van der Waals surface area contributed by atoms with Crippen LogP contribution in [0.2, 0.25) is 0 Å². The maximum atomic E-state index is 13.1. The van der Waals surface area contributed by atoms with E-state index in [-0.39, 0.29) is 31.3 Å². The SMILES string of the molecule is CC1(C)OC[C@H](CC(=O)c2ccc(F)cc2)N(OCc2ccccc2)C1=O. The van der Waals surface area contributed by atoms with Crippen molar-refractivity contribution in [3.63, 3.8) is 0 Å². The van der Waals surface area contributed by atoms with E-state index in [4.69, 9.17) is 9.57 Å². The number of halogens is 1. The Morgan fingerprint density at radius 3 is 2.52 bits per heavy atom. The molecular weight excluding hydrogens is 349 g/mol. The van der Waals surface area contributed by atoms with Crippen LogP contribution in [0, 0.1) is 5.82 Å². The van der Waals surface area contributed by atoms with E-state index >= 15 is 0 Å². The summed E-state index contributed by atoms with van der Waals surface area (Å²) in [4.78, 5) is 31.1. The lowest BCUT2D eigenvalue weighted by Gasteiger charge is -2.41. The molecule has 1 aliphatic heterocycles. The number of carbonyl (C=O) groups excluding carboxylic acids is 2. The maximum Gasteiger partial charge on any atom is 0.278 e. The van der Waals surface area contributed by atoms with Crippen molar-refractivity contribution in [2.24, 2.45) is 0 Å². The predicted octanol–water partition coefficient (Wildman–Crippen LogP) is 3.54. The van der Waals surface area contributed by atoms with Crippen LogP contribution in [0.1, 0.15) is 36.2 Å². The van der Waals surface area contributed by atoms with Crippen LogP contribution >= 0.6 is 0 Å². The van der Waals surface area contributed by atoms with Gasteiger partial charge in [-0.15, -0.1) is 0 Å². The Morgan fingerprint density at radius 2 is 1.85 bits per heavy atom. The molecule has 27 heavy (non-hydrogen) atoms. The molecule has 142 valence electrons. The fraction of sp³-hybridized carbons (Fsp3) is 0.333. The fourth-order valence-corrected chi connectivity index (χ4v) is 2.86. The Kier molecular flexibility index (Phi) is 5.68. The van der Waals surface area contributed by atoms with Crippen LogP contribution in [0.4, 0.5) is 4.39 Å². The Bertz CT molecular complexity index is 805. The first-order valence-electron chi connectivity index (χ1n) is 8.80. The van der Waals surface area contributed by atoms with Crippen LogP contribution in [0.25, 0.3) is 0 Å². The number of hydrogen-bond donors (Lipinski definition) is 0. The van der Waals surface area contributed by atoms with Crippen molar-refractivity contribution < 1.29 is 23.6 Å². The van der Waals surface area contributed by atoms with Gasteiger partial charge in [-0.3, -0.25) is 14.4 Å². The zero-order valence-electron chi connectivity index (χ0n) is 15.4. The van der Waals surface area contributed by atoms with E-state index in [1.165, 1.54) is 29.3 Å². The van der Waals surface area contributed by atoms with E-state index < -0.39 is 17.5 Å². The van der Waals surface area contributed by atoms with Gasteiger partial charge < -0.3 is 4.74 Å². The smallest absolute Gasteiger partial charge is 0.278 e. The predicted molar refractivity (Wildman–Crippen MR) is 97.2 cm³/mol. The van der Waals surface area contributed by atoms with Gasteiger partial charge in [-0.1, -0.05) is 30.3 Å². The number of ether oxygens (including phenoxy) is 1. The van der Waals surface area contributed by atoms with Gasteiger partial charge in [0, 0.05) is 12.0 Å².